The summed E-state index contributed by atoms with van der Waals surface area (Å²) in [6, 6.07) is 18.8. The van der Waals surface area contributed by atoms with Gasteiger partial charge in [-0.05, 0) is 91.2 Å². The van der Waals surface area contributed by atoms with Crippen LogP contribution in [0.5, 0.6) is 11.5 Å². The first kappa shape index (κ1) is 20.2. The van der Waals surface area contributed by atoms with Gasteiger partial charge in [-0.1, -0.05) is 74.5 Å². The second-order valence-electron chi connectivity index (χ2n) is 11.2. The number of phenols is 2. The molecule has 36 heavy (non-hydrogen) atoms. The molecule has 2 nitrogen and oxygen atoms in total. The van der Waals surface area contributed by atoms with Gasteiger partial charge in [-0.3, -0.25) is 0 Å². The Bertz CT molecular complexity index is 1990. The van der Waals surface area contributed by atoms with Gasteiger partial charge in [0.15, 0.2) is 0 Å². The maximum atomic E-state index is 11.1. The van der Waals surface area contributed by atoms with Crippen LogP contribution in [0.25, 0.3) is 61.7 Å². The molecular formula is C34H26O2. The third kappa shape index (κ3) is 2.42. The highest BCUT2D eigenvalue weighted by Gasteiger charge is 2.39. The van der Waals surface area contributed by atoms with Crippen LogP contribution in [0.4, 0.5) is 0 Å². The molecule has 0 fully saturated rings. The summed E-state index contributed by atoms with van der Waals surface area (Å²) in [5, 5.41) is 31.3. The van der Waals surface area contributed by atoms with Crippen molar-refractivity contribution in [2.75, 3.05) is 0 Å². The third-order valence-electron chi connectivity index (χ3n) is 8.79. The molecule has 0 amide bonds. The Balaban J connectivity index is 1.60. The van der Waals surface area contributed by atoms with E-state index in [0.29, 0.717) is 17.4 Å². The number of aromatic hydroxyl groups is 2. The van der Waals surface area contributed by atoms with E-state index in [1.807, 2.05) is 18.2 Å². The van der Waals surface area contributed by atoms with E-state index in [2.05, 4.69) is 74.5 Å². The standard InChI is InChI=1S/C34H26O2/c1-18-7-9-23-21(13-18)16-28(35)26-14-20-8-10-25-32-22-6-4-3-5-19(22)15-29(36)27(32)17-34(2)12-11-24(31(23)26)30(20)33(25)34/h3-6,8-16,18,35-36H,7,17H2,1-2H3. The number of allylic oxidation sites excluding steroid dienone is 1. The Labute approximate surface area is 209 Å². The van der Waals surface area contributed by atoms with E-state index in [1.54, 1.807) is 0 Å². The first-order chi connectivity index (χ1) is 17.4. The average molecular weight is 467 g/mol. The monoisotopic (exact) mass is 466 g/mol. The number of fused-ring (bicyclic) bond motifs is 8. The smallest absolute Gasteiger partial charge is 0.124 e. The molecule has 2 N–H and O–H groups in total. The van der Waals surface area contributed by atoms with Crippen LogP contribution in [0.2, 0.25) is 0 Å². The molecule has 8 rings (SSSR count). The molecule has 0 saturated heterocycles. The summed E-state index contributed by atoms with van der Waals surface area (Å²) in [5.41, 5.74) is 5.73. The molecule has 2 heteroatoms. The fraction of sp³-hybridized carbons (Fsp3) is 0.176. The fourth-order valence-electron chi connectivity index (χ4n) is 7.20. The molecule has 0 radical (unpaired) electrons. The van der Waals surface area contributed by atoms with E-state index >= 15 is 0 Å². The second-order valence-corrected chi connectivity index (χ2v) is 11.2. The topological polar surface area (TPSA) is 40.5 Å². The zero-order valence-electron chi connectivity index (χ0n) is 20.4. The van der Waals surface area contributed by atoms with Crippen LogP contribution in [0, 0.1) is 5.92 Å². The molecule has 5 aromatic carbocycles. The summed E-state index contributed by atoms with van der Waals surface area (Å²) in [5.74, 6) is 1.20. The van der Waals surface area contributed by atoms with Crippen LogP contribution in [-0.4, -0.2) is 10.2 Å². The summed E-state index contributed by atoms with van der Waals surface area (Å²) >= 11 is 0. The molecule has 3 aliphatic rings. The molecule has 0 aromatic heterocycles. The minimum absolute atomic E-state index is 0.219. The van der Waals surface area contributed by atoms with Crippen molar-refractivity contribution < 1.29 is 10.2 Å². The molecule has 2 unspecified atom stereocenters. The van der Waals surface area contributed by atoms with E-state index in [0.717, 1.165) is 50.7 Å². The van der Waals surface area contributed by atoms with Gasteiger partial charge in [0.05, 0.1) is 0 Å². The van der Waals surface area contributed by atoms with E-state index in [9.17, 15) is 10.2 Å². The largest absolute Gasteiger partial charge is 0.508 e. The lowest BCUT2D eigenvalue weighted by Crippen LogP contribution is -2.32. The predicted octanol–water partition coefficient (Wildman–Crippen LogP) is 6.67. The van der Waals surface area contributed by atoms with Gasteiger partial charge in [-0.15, -0.1) is 0 Å². The molecule has 0 spiro atoms. The van der Waals surface area contributed by atoms with Crippen LogP contribution in [-0.2, 0) is 11.8 Å². The van der Waals surface area contributed by atoms with Crippen molar-refractivity contribution >= 4 is 50.5 Å². The maximum Gasteiger partial charge on any atom is 0.124 e. The SMILES string of the molecule is CC1C=c2cc(O)c3cc4ccc5c6c4c(c3c2=CC1)C=CC6(C)Cc1c(O)cc2ccccc2c1-5. The summed E-state index contributed by atoms with van der Waals surface area (Å²) in [7, 11) is 0. The molecule has 3 aliphatic carbocycles. The summed E-state index contributed by atoms with van der Waals surface area (Å²) in [6.07, 6.45) is 11.0. The normalized spacial score (nSPS) is 21.2. The van der Waals surface area contributed by atoms with Gasteiger partial charge in [0, 0.05) is 21.8 Å². The predicted molar refractivity (Wildman–Crippen MR) is 150 cm³/mol. The van der Waals surface area contributed by atoms with Crippen molar-refractivity contribution in [3.8, 4) is 22.6 Å². The first-order valence-corrected chi connectivity index (χ1v) is 12.8. The maximum absolute atomic E-state index is 11.1. The van der Waals surface area contributed by atoms with Gasteiger partial charge in [-0.25, -0.2) is 0 Å². The van der Waals surface area contributed by atoms with E-state index in [-0.39, 0.29) is 5.41 Å². The molecule has 0 saturated carbocycles. The summed E-state index contributed by atoms with van der Waals surface area (Å²) in [6.45, 7) is 4.52. The van der Waals surface area contributed by atoms with Gasteiger partial charge in [0.1, 0.15) is 11.5 Å². The number of phenolic OH excluding ortho intramolecular Hbond substituents is 2. The summed E-state index contributed by atoms with van der Waals surface area (Å²) < 4.78 is 0. The van der Waals surface area contributed by atoms with Crippen LogP contribution in [0.3, 0.4) is 0 Å². The summed E-state index contributed by atoms with van der Waals surface area (Å²) in [4.78, 5) is 0. The zero-order chi connectivity index (χ0) is 24.3. The molecule has 2 atom stereocenters. The first-order valence-electron chi connectivity index (χ1n) is 12.8. The van der Waals surface area contributed by atoms with Crippen molar-refractivity contribution in [1.82, 2.24) is 0 Å². The zero-order valence-corrected chi connectivity index (χ0v) is 20.4. The van der Waals surface area contributed by atoms with Gasteiger partial charge in [0.25, 0.3) is 0 Å². The minimum Gasteiger partial charge on any atom is -0.508 e. The minimum atomic E-state index is -0.219. The second kappa shape index (κ2) is 6.59. The molecule has 0 aliphatic heterocycles. The lowest BCUT2D eigenvalue weighted by Gasteiger charge is -2.39. The van der Waals surface area contributed by atoms with Crippen LogP contribution in [0.1, 0.15) is 37.0 Å². The quantitative estimate of drug-likeness (QED) is 0.250. The highest BCUT2D eigenvalue weighted by molar-refractivity contribution is 6.15. The van der Waals surface area contributed by atoms with Crippen molar-refractivity contribution in [3.05, 3.63) is 87.8 Å². The van der Waals surface area contributed by atoms with Gasteiger partial charge in [-0.2, -0.15) is 0 Å². The molecule has 0 bridgehead atoms. The highest BCUT2D eigenvalue weighted by atomic mass is 16.3. The number of hydrogen-bond donors (Lipinski definition) is 2. The van der Waals surface area contributed by atoms with Gasteiger partial charge < -0.3 is 10.2 Å². The Morgan fingerprint density at radius 2 is 1.75 bits per heavy atom. The fourth-order valence-corrected chi connectivity index (χ4v) is 7.20. The average Bonchev–Trinajstić information content (AvgIpc) is 2.86. The third-order valence-corrected chi connectivity index (χ3v) is 8.79. The van der Waals surface area contributed by atoms with E-state index < -0.39 is 0 Å². The van der Waals surface area contributed by atoms with Gasteiger partial charge in [0.2, 0.25) is 0 Å². The van der Waals surface area contributed by atoms with Crippen molar-refractivity contribution in [1.29, 1.82) is 0 Å². The number of benzene rings is 5. The highest BCUT2D eigenvalue weighted by Crippen LogP contribution is 2.54. The Kier molecular flexibility index (Phi) is 3.69. The molecular weight excluding hydrogens is 440 g/mol. The van der Waals surface area contributed by atoms with Gasteiger partial charge >= 0.3 is 0 Å². The van der Waals surface area contributed by atoms with E-state index in [1.165, 1.54) is 32.7 Å². The molecule has 5 aromatic rings. The van der Waals surface area contributed by atoms with Crippen LogP contribution >= 0.6 is 0 Å². The Morgan fingerprint density at radius 1 is 0.889 bits per heavy atom. The van der Waals surface area contributed by atoms with Crippen LogP contribution in [0.15, 0.2) is 60.7 Å². The number of hydrogen-bond acceptors (Lipinski definition) is 2. The van der Waals surface area contributed by atoms with Crippen molar-refractivity contribution in [3.63, 3.8) is 0 Å². The van der Waals surface area contributed by atoms with Crippen molar-refractivity contribution in [2.45, 2.75) is 32.1 Å². The van der Waals surface area contributed by atoms with Crippen molar-refractivity contribution in [2.24, 2.45) is 5.92 Å². The Hall–Kier alpha value is -4.04. The molecule has 174 valence electrons. The van der Waals surface area contributed by atoms with E-state index in [4.69, 9.17) is 0 Å². The molecule has 0 heterocycles. The lowest BCUT2D eigenvalue weighted by atomic mass is 9.63. The Morgan fingerprint density at radius 3 is 2.64 bits per heavy atom. The van der Waals surface area contributed by atoms with Crippen LogP contribution < -0.4 is 10.4 Å². The lowest BCUT2D eigenvalue weighted by molar-refractivity contribution is 0.459. The number of rotatable bonds is 0.